The third kappa shape index (κ3) is 2.62. The molecule has 0 radical (unpaired) electrons. The number of carbonyl (C=O) groups is 1. The Balaban J connectivity index is 1.86. The summed E-state index contributed by atoms with van der Waals surface area (Å²) in [4.78, 5) is 12.4. The van der Waals surface area contributed by atoms with E-state index in [1.54, 1.807) is 0 Å². The summed E-state index contributed by atoms with van der Waals surface area (Å²) in [6.45, 7) is 0. The van der Waals surface area contributed by atoms with Crippen LogP contribution in [0.25, 0.3) is 0 Å². The number of esters is 1. The topological polar surface area (TPSA) is 38.3 Å². The van der Waals surface area contributed by atoms with E-state index in [0.29, 0.717) is 5.70 Å². The quantitative estimate of drug-likeness (QED) is 0.770. The maximum Gasteiger partial charge on any atom is 0.354 e. The largest absolute Gasteiger partial charge is 0.464 e. The highest BCUT2D eigenvalue weighted by atomic mass is 35.5. The van der Waals surface area contributed by atoms with Crippen molar-refractivity contribution in [2.45, 2.75) is 38.1 Å². The minimum Gasteiger partial charge on any atom is -0.464 e. The molecule has 1 fully saturated rings. The lowest BCUT2D eigenvalue weighted by molar-refractivity contribution is -0.137. The Morgan fingerprint density at radius 1 is 1.20 bits per heavy atom. The Morgan fingerprint density at radius 3 is 2.60 bits per heavy atom. The molecule has 0 aromatic heterocycles. The number of hydrogen-bond acceptors (Lipinski definition) is 3. The van der Waals surface area contributed by atoms with Crippen LogP contribution in [0.15, 0.2) is 59.3 Å². The summed E-state index contributed by atoms with van der Waals surface area (Å²) < 4.78 is 5.04. The lowest BCUT2D eigenvalue weighted by atomic mass is 9.60. The van der Waals surface area contributed by atoms with Gasteiger partial charge in [-0.15, -0.1) is 0 Å². The molecule has 0 amide bonds. The van der Waals surface area contributed by atoms with E-state index in [-0.39, 0.29) is 17.4 Å². The van der Waals surface area contributed by atoms with E-state index in [4.69, 9.17) is 16.3 Å². The maximum atomic E-state index is 12.4. The molecule has 1 aromatic carbocycles. The molecular weight excluding hydrogens is 334 g/mol. The molecule has 3 nitrogen and oxygen atoms in total. The number of halogens is 1. The number of nitrogens with one attached hydrogen (secondary N) is 1. The smallest absolute Gasteiger partial charge is 0.354 e. The van der Waals surface area contributed by atoms with Gasteiger partial charge < -0.3 is 10.1 Å². The zero-order valence-electron chi connectivity index (χ0n) is 14.3. The first kappa shape index (κ1) is 16.5. The van der Waals surface area contributed by atoms with E-state index in [1.807, 2.05) is 18.2 Å². The fourth-order valence-corrected chi connectivity index (χ4v) is 4.78. The first-order valence-corrected chi connectivity index (χ1v) is 9.27. The average Bonchev–Trinajstić information content (AvgIpc) is 3.14. The number of methoxy groups -OCH3 is 1. The van der Waals surface area contributed by atoms with Gasteiger partial charge in [-0.25, -0.2) is 4.79 Å². The van der Waals surface area contributed by atoms with Gasteiger partial charge in [-0.1, -0.05) is 61.2 Å². The second-order valence-electron chi connectivity index (χ2n) is 7.07. The molecule has 1 N–H and O–H groups in total. The van der Waals surface area contributed by atoms with Crippen molar-refractivity contribution in [1.29, 1.82) is 0 Å². The van der Waals surface area contributed by atoms with Crippen molar-refractivity contribution >= 4 is 17.6 Å². The molecule has 1 saturated carbocycles. The van der Waals surface area contributed by atoms with Crippen molar-refractivity contribution in [2.75, 3.05) is 7.11 Å². The molecule has 4 rings (SSSR count). The summed E-state index contributed by atoms with van der Waals surface area (Å²) in [5.74, 6) is -0.308. The van der Waals surface area contributed by atoms with Crippen molar-refractivity contribution in [3.05, 3.63) is 69.9 Å². The molecule has 1 heterocycles. The van der Waals surface area contributed by atoms with Crippen LogP contribution < -0.4 is 5.32 Å². The summed E-state index contributed by atoms with van der Waals surface area (Å²) in [7, 11) is 1.43. The van der Waals surface area contributed by atoms with Gasteiger partial charge in [0.05, 0.1) is 13.2 Å². The molecule has 4 heteroatoms. The molecule has 0 saturated heterocycles. The van der Waals surface area contributed by atoms with Crippen LogP contribution in [0.4, 0.5) is 0 Å². The predicted molar refractivity (Wildman–Crippen MR) is 99.1 cm³/mol. The SMILES string of the molecule is COC(=O)C1=C2C=CC=C2C2(CCCCC2)C(c2ccc(Cl)cc2)N1. The van der Waals surface area contributed by atoms with E-state index >= 15 is 0 Å². The summed E-state index contributed by atoms with van der Waals surface area (Å²) >= 11 is 6.09. The van der Waals surface area contributed by atoms with Gasteiger partial charge in [0.1, 0.15) is 5.70 Å². The zero-order chi connectivity index (χ0) is 17.4. The molecule has 1 atom stereocenters. The van der Waals surface area contributed by atoms with Crippen LogP contribution in [-0.4, -0.2) is 13.1 Å². The third-order valence-corrected chi connectivity index (χ3v) is 6.05. The highest BCUT2D eigenvalue weighted by molar-refractivity contribution is 6.30. The molecular formula is C21H22ClNO2. The van der Waals surface area contributed by atoms with Crippen LogP contribution in [0.3, 0.4) is 0 Å². The third-order valence-electron chi connectivity index (χ3n) is 5.80. The number of benzene rings is 1. The van der Waals surface area contributed by atoms with Crippen LogP contribution in [-0.2, 0) is 9.53 Å². The molecule has 1 spiro atoms. The van der Waals surface area contributed by atoms with Gasteiger partial charge in [-0.2, -0.15) is 0 Å². The van der Waals surface area contributed by atoms with E-state index in [1.165, 1.54) is 37.5 Å². The minimum absolute atomic E-state index is 0.0163. The maximum absolute atomic E-state index is 12.4. The van der Waals surface area contributed by atoms with E-state index in [2.05, 4.69) is 29.6 Å². The Kier molecular flexibility index (Phi) is 4.20. The van der Waals surface area contributed by atoms with Crippen LogP contribution in [0.2, 0.25) is 5.02 Å². The highest BCUT2D eigenvalue weighted by Gasteiger charge is 2.49. The average molecular weight is 356 g/mol. The van der Waals surface area contributed by atoms with Gasteiger partial charge in [0.25, 0.3) is 0 Å². The van der Waals surface area contributed by atoms with E-state index in [9.17, 15) is 4.79 Å². The lowest BCUT2D eigenvalue weighted by Gasteiger charge is -2.49. The summed E-state index contributed by atoms with van der Waals surface area (Å²) in [5, 5.41) is 4.27. The van der Waals surface area contributed by atoms with Gasteiger partial charge in [0, 0.05) is 16.0 Å². The highest BCUT2D eigenvalue weighted by Crippen LogP contribution is 2.57. The number of allylic oxidation sites excluding steroid dienone is 4. The first-order valence-electron chi connectivity index (χ1n) is 8.89. The minimum atomic E-state index is -0.308. The zero-order valence-corrected chi connectivity index (χ0v) is 15.1. The van der Waals surface area contributed by atoms with Crippen LogP contribution in [0.1, 0.15) is 43.7 Å². The lowest BCUT2D eigenvalue weighted by Crippen LogP contribution is -2.46. The molecule has 1 aliphatic heterocycles. The number of ether oxygens (including phenoxy) is 1. The Bertz CT molecular complexity index is 783. The van der Waals surface area contributed by atoms with Crippen molar-refractivity contribution in [3.63, 3.8) is 0 Å². The van der Waals surface area contributed by atoms with Crippen molar-refractivity contribution in [2.24, 2.45) is 5.41 Å². The fourth-order valence-electron chi connectivity index (χ4n) is 4.66. The molecule has 25 heavy (non-hydrogen) atoms. The van der Waals surface area contributed by atoms with Crippen LogP contribution in [0, 0.1) is 5.41 Å². The first-order chi connectivity index (χ1) is 12.2. The van der Waals surface area contributed by atoms with Crippen molar-refractivity contribution in [3.8, 4) is 0 Å². The Morgan fingerprint density at radius 2 is 1.92 bits per heavy atom. The number of hydrogen-bond donors (Lipinski definition) is 1. The normalized spacial score (nSPS) is 23.9. The molecule has 3 aliphatic rings. The van der Waals surface area contributed by atoms with E-state index in [0.717, 1.165) is 23.4 Å². The summed E-state index contributed by atoms with van der Waals surface area (Å²) in [5.41, 5.74) is 4.03. The van der Waals surface area contributed by atoms with Gasteiger partial charge >= 0.3 is 5.97 Å². The summed E-state index contributed by atoms with van der Waals surface area (Å²) in [6.07, 6.45) is 12.2. The fraction of sp³-hybridized carbons (Fsp3) is 0.381. The number of rotatable bonds is 2. The van der Waals surface area contributed by atoms with E-state index < -0.39 is 0 Å². The Labute approximate surface area is 153 Å². The molecule has 130 valence electrons. The van der Waals surface area contributed by atoms with Crippen molar-refractivity contribution in [1.82, 2.24) is 5.32 Å². The molecule has 1 aromatic rings. The number of carbonyl (C=O) groups excluding carboxylic acids is 1. The number of fused-ring (bicyclic) bond motifs is 2. The van der Waals surface area contributed by atoms with Gasteiger partial charge in [-0.05, 0) is 36.1 Å². The molecule has 1 unspecified atom stereocenters. The Hall–Kier alpha value is -2.00. The van der Waals surface area contributed by atoms with Crippen molar-refractivity contribution < 1.29 is 9.53 Å². The van der Waals surface area contributed by atoms with Crippen LogP contribution in [0.5, 0.6) is 0 Å². The van der Waals surface area contributed by atoms with Gasteiger partial charge in [0.15, 0.2) is 0 Å². The standard InChI is InChI=1S/C21H22ClNO2/c1-25-20(24)18-16-6-5-7-17(16)21(12-3-2-4-13-21)19(23-18)14-8-10-15(22)11-9-14/h5-11,19,23H,2-4,12-13H2,1H3. The molecule has 0 bridgehead atoms. The van der Waals surface area contributed by atoms with Gasteiger partial charge in [0.2, 0.25) is 0 Å². The summed E-state index contributed by atoms with van der Waals surface area (Å²) in [6, 6.07) is 8.04. The predicted octanol–water partition coefficient (Wildman–Crippen LogP) is 4.86. The molecule has 2 aliphatic carbocycles. The van der Waals surface area contributed by atoms with Crippen LogP contribution >= 0.6 is 11.6 Å². The second kappa shape index (κ2) is 6.38. The van der Waals surface area contributed by atoms with Gasteiger partial charge in [-0.3, -0.25) is 0 Å². The monoisotopic (exact) mass is 355 g/mol. The second-order valence-corrected chi connectivity index (χ2v) is 7.50.